The Morgan fingerprint density at radius 2 is 2.16 bits per heavy atom. The van der Waals surface area contributed by atoms with Crippen LogP contribution < -0.4 is 5.32 Å². The van der Waals surface area contributed by atoms with Gasteiger partial charge in [0.05, 0.1) is 5.02 Å². The number of aromatic nitrogens is 2. The van der Waals surface area contributed by atoms with E-state index in [1.165, 1.54) is 23.5 Å². The van der Waals surface area contributed by atoms with E-state index in [4.69, 9.17) is 11.6 Å². The van der Waals surface area contributed by atoms with E-state index < -0.39 is 0 Å². The van der Waals surface area contributed by atoms with Crippen LogP contribution in [0.1, 0.15) is 18.9 Å². The number of hydrogen-bond acceptors (Lipinski definition) is 4. The highest BCUT2D eigenvalue weighted by Gasteiger charge is 2.10. The Morgan fingerprint density at radius 1 is 1.37 bits per heavy atom. The van der Waals surface area contributed by atoms with Crippen LogP contribution in [0.3, 0.4) is 0 Å². The molecule has 0 aliphatic heterocycles. The van der Waals surface area contributed by atoms with Crippen molar-refractivity contribution in [3.8, 4) is 10.6 Å². The Morgan fingerprint density at radius 3 is 2.84 bits per heavy atom. The van der Waals surface area contributed by atoms with Gasteiger partial charge in [-0.15, -0.1) is 10.2 Å². The highest BCUT2D eigenvalue weighted by molar-refractivity contribution is 7.14. The molecule has 0 unspecified atom stereocenters. The third kappa shape index (κ3) is 3.96. The van der Waals surface area contributed by atoms with Crippen molar-refractivity contribution in [2.24, 2.45) is 5.92 Å². The molecule has 0 aliphatic carbocycles. The second-order valence-corrected chi connectivity index (χ2v) is 6.12. The van der Waals surface area contributed by atoms with Crippen molar-refractivity contribution in [1.29, 1.82) is 0 Å². The molecule has 1 aromatic carbocycles. The molecule has 1 heterocycles. The number of nitrogens with zero attached hydrogens (tertiary/aromatic N) is 2. The van der Waals surface area contributed by atoms with Gasteiger partial charge in [-0.3, -0.25) is 0 Å². The van der Waals surface area contributed by atoms with Gasteiger partial charge in [-0.05, 0) is 30.7 Å². The van der Waals surface area contributed by atoms with Gasteiger partial charge in [0.15, 0.2) is 0 Å². The average molecular weight is 300 g/mol. The predicted molar refractivity (Wildman–Crippen MR) is 76.9 cm³/mol. The Labute approximate surface area is 120 Å². The zero-order valence-corrected chi connectivity index (χ0v) is 12.4. The van der Waals surface area contributed by atoms with Crippen molar-refractivity contribution >= 4 is 22.9 Å². The predicted octanol–water partition coefficient (Wildman–Crippen LogP) is 3.74. The molecule has 0 radical (unpaired) electrons. The van der Waals surface area contributed by atoms with Gasteiger partial charge >= 0.3 is 0 Å². The monoisotopic (exact) mass is 299 g/mol. The van der Waals surface area contributed by atoms with Crippen molar-refractivity contribution in [1.82, 2.24) is 15.5 Å². The molecule has 0 fully saturated rings. The lowest BCUT2D eigenvalue weighted by atomic mass is 10.2. The van der Waals surface area contributed by atoms with Gasteiger partial charge in [-0.1, -0.05) is 36.8 Å². The minimum Gasteiger partial charge on any atom is -0.310 e. The fraction of sp³-hybridized carbons (Fsp3) is 0.385. The highest BCUT2D eigenvalue weighted by Crippen LogP contribution is 2.30. The summed E-state index contributed by atoms with van der Waals surface area (Å²) >= 11 is 7.47. The number of rotatable bonds is 5. The number of benzene rings is 1. The summed E-state index contributed by atoms with van der Waals surface area (Å²) < 4.78 is 13.0. The fourth-order valence-corrected chi connectivity index (χ4v) is 2.73. The molecule has 2 aromatic rings. The zero-order valence-electron chi connectivity index (χ0n) is 10.8. The summed E-state index contributed by atoms with van der Waals surface area (Å²) in [5.41, 5.74) is 0.718. The zero-order chi connectivity index (χ0) is 13.8. The smallest absolute Gasteiger partial charge is 0.149 e. The van der Waals surface area contributed by atoms with E-state index in [0.29, 0.717) is 22.5 Å². The van der Waals surface area contributed by atoms with Gasteiger partial charge in [-0.25, -0.2) is 4.39 Å². The van der Waals surface area contributed by atoms with Gasteiger partial charge < -0.3 is 5.32 Å². The average Bonchev–Trinajstić information content (AvgIpc) is 2.77. The van der Waals surface area contributed by atoms with Crippen molar-refractivity contribution in [3.05, 3.63) is 34.0 Å². The largest absolute Gasteiger partial charge is 0.310 e. The molecule has 0 bridgehead atoms. The van der Waals surface area contributed by atoms with Gasteiger partial charge in [-0.2, -0.15) is 0 Å². The molecule has 2 rings (SSSR count). The van der Waals surface area contributed by atoms with Gasteiger partial charge in [0.25, 0.3) is 0 Å². The number of nitrogens with one attached hydrogen (secondary N) is 1. The molecule has 0 amide bonds. The first-order valence-corrected chi connectivity index (χ1v) is 7.24. The summed E-state index contributed by atoms with van der Waals surface area (Å²) in [5.74, 6) is 0.246. The van der Waals surface area contributed by atoms with Crippen LogP contribution in [-0.2, 0) is 6.54 Å². The lowest BCUT2D eigenvalue weighted by molar-refractivity contribution is 0.550. The van der Waals surface area contributed by atoms with Crippen LogP contribution in [0.15, 0.2) is 18.2 Å². The van der Waals surface area contributed by atoms with E-state index in [2.05, 4.69) is 29.4 Å². The summed E-state index contributed by atoms with van der Waals surface area (Å²) in [6.07, 6.45) is 0. The van der Waals surface area contributed by atoms with Gasteiger partial charge in [0, 0.05) is 12.1 Å². The summed E-state index contributed by atoms with van der Waals surface area (Å²) in [6, 6.07) is 4.29. The van der Waals surface area contributed by atoms with Gasteiger partial charge in [0.1, 0.15) is 15.8 Å². The minimum atomic E-state index is -0.350. The summed E-state index contributed by atoms with van der Waals surface area (Å²) in [7, 11) is 0. The maximum Gasteiger partial charge on any atom is 0.149 e. The quantitative estimate of drug-likeness (QED) is 0.914. The second-order valence-electron chi connectivity index (χ2n) is 4.65. The summed E-state index contributed by atoms with van der Waals surface area (Å²) in [4.78, 5) is 0. The first kappa shape index (κ1) is 14.4. The molecular weight excluding hydrogens is 285 g/mol. The first-order chi connectivity index (χ1) is 9.06. The molecule has 19 heavy (non-hydrogen) atoms. The Balaban J connectivity index is 2.08. The lowest BCUT2D eigenvalue weighted by Crippen LogP contribution is -2.18. The molecule has 102 valence electrons. The van der Waals surface area contributed by atoms with Crippen molar-refractivity contribution in [2.45, 2.75) is 20.4 Å². The Bertz CT molecular complexity index is 557. The molecule has 1 N–H and O–H groups in total. The van der Waals surface area contributed by atoms with E-state index in [0.717, 1.165) is 17.1 Å². The third-order valence-electron chi connectivity index (χ3n) is 2.46. The second kappa shape index (κ2) is 6.41. The Kier molecular flexibility index (Phi) is 4.85. The van der Waals surface area contributed by atoms with Crippen molar-refractivity contribution in [3.63, 3.8) is 0 Å². The topological polar surface area (TPSA) is 37.8 Å². The van der Waals surface area contributed by atoms with E-state index in [9.17, 15) is 4.39 Å². The molecule has 1 aromatic heterocycles. The SMILES string of the molecule is CC(C)CNCc1nnc(-c2ccc(F)cc2Cl)s1. The van der Waals surface area contributed by atoms with Crippen molar-refractivity contribution < 1.29 is 4.39 Å². The molecule has 3 nitrogen and oxygen atoms in total. The maximum absolute atomic E-state index is 13.0. The molecule has 0 aliphatic rings. The lowest BCUT2D eigenvalue weighted by Gasteiger charge is -2.04. The molecular formula is C13H15ClFN3S. The van der Waals surface area contributed by atoms with Crippen LogP contribution in [-0.4, -0.2) is 16.7 Å². The molecule has 0 saturated carbocycles. The first-order valence-electron chi connectivity index (χ1n) is 6.05. The van der Waals surface area contributed by atoms with E-state index in [1.807, 2.05) is 0 Å². The minimum absolute atomic E-state index is 0.350. The van der Waals surface area contributed by atoms with E-state index >= 15 is 0 Å². The van der Waals surface area contributed by atoms with Crippen LogP contribution in [0.25, 0.3) is 10.6 Å². The highest BCUT2D eigenvalue weighted by atomic mass is 35.5. The van der Waals surface area contributed by atoms with Crippen molar-refractivity contribution in [2.75, 3.05) is 6.54 Å². The fourth-order valence-electron chi connectivity index (χ4n) is 1.56. The normalized spacial score (nSPS) is 11.2. The summed E-state index contributed by atoms with van der Waals surface area (Å²) in [6.45, 7) is 5.93. The number of halogens is 2. The van der Waals surface area contributed by atoms with E-state index in [-0.39, 0.29) is 5.82 Å². The van der Waals surface area contributed by atoms with Crippen LogP contribution in [0.2, 0.25) is 5.02 Å². The number of hydrogen-bond donors (Lipinski definition) is 1. The molecule has 6 heteroatoms. The van der Waals surface area contributed by atoms with Gasteiger partial charge in [0.2, 0.25) is 0 Å². The Hall–Kier alpha value is -1.04. The van der Waals surface area contributed by atoms with Crippen LogP contribution in [0.5, 0.6) is 0 Å². The van der Waals surface area contributed by atoms with E-state index in [1.54, 1.807) is 6.07 Å². The standard InChI is InChI=1S/C13H15ClFN3S/c1-8(2)6-16-7-12-17-18-13(19-12)10-4-3-9(15)5-11(10)14/h3-5,8,16H,6-7H2,1-2H3. The molecule has 0 spiro atoms. The van der Waals surface area contributed by atoms with Crippen LogP contribution >= 0.6 is 22.9 Å². The maximum atomic E-state index is 13.0. The molecule has 0 saturated heterocycles. The molecule has 0 atom stereocenters. The summed E-state index contributed by atoms with van der Waals surface area (Å²) in [5, 5.41) is 13.5. The van der Waals surface area contributed by atoms with Crippen LogP contribution in [0.4, 0.5) is 4.39 Å². The third-order valence-corrected chi connectivity index (χ3v) is 3.73. The van der Waals surface area contributed by atoms with Crippen LogP contribution in [0, 0.1) is 11.7 Å².